The molecule has 1 heterocycles. The zero-order valence-electron chi connectivity index (χ0n) is 16.3. The first-order valence-electron chi connectivity index (χ1n) is 9.64. The van der Waals surface area contributed by atoms with E-state index in [4.69, 9.17) is 9.72 Å². The zero-order chi connectivity index (χ0) is 20.7. The van der Waals surface area contributed by atoms with E-state index in [2.05, 4.69) is 40.3 Å². The molecule has 0 saturated heterocycles. The Morgan fingerprint density at radius 3 is 2.60 bits per heavy atom. The van der Waals surface area contributed by atoms with Gasteiger partial charge in [0.25, 0.3) is 0 Å². The molecule has 2 aliphatic carbocycles. The summed E-state index contributed by atoms with van der Waals surface area (Å²) in [7, 11) is 1.50. The lowest BCUT2D eigenvalue weighted by molar-refractivity contribution is 0.378. The summed E-state index contributed by atoms with van der Waals surface area (Å²) in [4.78, 5) is 13.6. The minimum atomic E-state index is -0.116. The Labute approximate surface area is 173 Å². The fourth-order valence-corrected chi connectivity index (χ4v) is 4.00. The first-order valence-corrected chi connectivity index (χ1v) is 9.64. The molecular weight excluding hydrogens is 378 g/mol. The van der Waals surface area contributed by atoms with Gasteiger partial charge in [-0.3, -0.25) is 0 Å². The SMILES string of the molecule is COc1nc(C2=C3C=CC=CC3Cc3ccccc32)nc(-c2ccc(O)cc2O)n1. The number of rotatable bonds is 3. The molecule has 0 fully saturated rings. The van der Waals surface area contributed by atoms with Crippen LogP contribution in [0.3, 0.4) is 0 Å². The first-order chi connectivity index (χ1) is 14.6. The van der Waals surface area contributed by atoms with Crippen molar-refractivity contribution in [2.75, 3.05) is 7.11 Å². The molecule has 0 bridgehead atoms. The lowest BCUT2D eigenvalue weighted by Gasteiger charge is -2.28. The highest BCUT2D eigenvalue weighted by Crippen LogP contribution is 2.41. The smallest absolute Gasteiger partial charge is 0.320 e. The van der Waals surface area contributed by atoms with Gasteiger partial charge in [0.15, 0.2) is 11.6 Å². The third-order valence-corrected chi connectivity index (χ3v) is 5.39. The van der Waals surface area contributed by atoms with Crippen LogP contribution < -0.4 is 4.74 Å². The topological polar surface area (TPSA) is 88.4 Å². The van der Waals surface area contributed by atoms with Crippen molar-refractivity contribution in [3.05, 3.63) is 89.3 Å². The normalized spacial score (nSPS) is 16.9. The van der Waals surface area contributed by atoms with E-state index in [1.165, 1.54) is 24.8 Å². The van der Waals surface area contributed by atoms with E-state index in [-0.39, 0.29) is 29.3 Å². The quantitative estimate of drug-likeness (QED) is 0.693. The van der Waals surface area contributed by atoms with Crippen molar-refractivity contribution in [1.29, 1.82) is 0 Å². The number of nitrogens with zero attached hydrogens (tertiary/aromatic N) is 3. The van der Waals surface area contributed by atoms with Crippen molar-refractivity contribution < 1.29 is 14.9 Å². The first kappa shape index (κ1) is 18.1. The molecule has 5 rings (SSSR count). The van der Waals surface area contributed by atoms with E-state index in [1.54, 1.807) is 6.07 Å². The number of aromatic hydroxyl groups is 2. The Morgan fingerprint density at radius 2 is 1.77 bits per heavy atom. The van der Waals surface area contributed by atoms with Gasteiger partial charge in [0, 0.05) is 17.6 Å². The summed E-state index contributed by atoms with van der Waals surface area (Å²) in [6.07, 6.45) is 9.29. The second-order valence-corrected chi connectivity index (χ2v) is 7.21. The molecule has 1 atom stereocenters. The van der Waals surface area contributed by atoms with Gasteiger partial charge in [-0.1, -0.05) is 48.6 Å². The molecular formula is C24H19N3O3. The molecule has 2 aromatic carbocycles. The van der Waals surface area contributed by atoms with Crippen LogP contribution in [0.2, 0.25) is 0 Å². The molecule has 6 heteroatoms. The third kappa shape index (κ3) is 3.03. The Hall–Kier alpha value is -3.93. The summed E-state index contributed by atoms with van der Waals surface area (Å²) < 4.78 is 5.35. The number of hydrogen-bond acceptors (Lipinski definition) is 6. The van der Waals surface area contributed by atoms with Gasteiger partial charge < -0.3 is 14.9 Å². The summed E-state index contributed by atoms with van der Waals surface area (Å²) in [6, 6.07) is 12.7. The minimum Gasteiger partial charge on any atom is -0.508 e. The van der Waals surface area contributed by atoms with Gasteiger partial charge in [0.05, 0.1) is 12.7 Å². The summed E-state index contributed by atoms with van der Waals surface area (Å²) in [6.45, 7) is 0. The second-order valence-electron chi connectivity index (χ2n) is 7.21. The molecule has 148 valence electrons. The van der Waals surface area contributed by atoms with Gasteiger partial charge in [-0.2, -0.15) is 9.97 Å². The van der Waals surface area contributed by atoms with Gasteiger partial charge in [0.1, 0.15) is 11.5 Å². The number of phenolic OH excluding ortho intramolecular Hbond substituents is 2. The number of fused-ring (bicyclic) bond motifs is 2. The second kappa shape index (κ2) is 7.15. The van der Waals surface area contributed by atoms with Crippen molar-refractivity contribution in [2.45, 2.75) is 6.42 Å². The molecule has 0 spiro atoms. The minimum absolute atomic E-state index is 0.0365. The summed E-state index contributed by atoms with van der Waals surface area (Å²) in [5.41, 5.74) is 4.78. The molecule has 6 nitrogen and oxygen atoms in total. The van der Waals surface area contributed by atoms with E-state index < -0.39 is 0 Å². The fourth-order valence-electron chi connectivity index (χ4n) is 4.00. The molecule has 30 heavy (non-hydrogen) atoms. The zero-order valence-corrected chi connectivity index (χ0v) is 16.3. The molecule has 1 unspecified atom stereocenters. The van der Waals surface area contributed by atoms with Crippen LogP contribution in [-0.4, -0.2) is 32.3 Å². The Balaban J connectivity index is 1.76. The Bertz CT molecular complexity index is 1240. The van der Waals surface area contributed by atoms with Crippen molar-refractivity contribution in [3.63, 3.8) is 0 Å². The van der Waals surface area contributed by atoms with Gasteiger partial charge in [-0.05, 0) is 35.3 Å². The number of benzene rings is 2. The fraction of sp³-hybridized carbons (Fsp3) is 0.125. The van der Waals surface area contributed by atoms with E-state index in [0.29, 0.717) is 11.4 Å². The molecule has 1 aromatic heterocycles. The average Bonchev–Trinajstić information content (AvgIpc) is 2.77. The molecule has 2 N–H and O–H groups in total. The molecule has 0 saturated carbocycles. The highest BCUT2D eigenvalue weighted by molar-refractivity contribution is 5.85. The summed E-state index contributed by atoms with van der Waals surface area (Å²) in [5, 5.41) is 19.9. The standard InChI is InChI=1S/C24H19N3O3/c1-30-24-26-22(19-11-10-16(28)13-20(19)29)25-23(27-24)21-17-8-4-2-6-14(17)12-15-7-3-5-9-18(15)21/h2-11,13-14,28-29H,12H2,1H3. The van der Waals surface area contributed by atoms with Crippen LogP contribution in [0.25, 0.3) is 17.0 Å². The van der Waals surface area contributed by atoms with Crippen molar-refractivity contribution >= 4 is 5.57 Å². The van der Waals surface area contributed by atoms with Crippen LogP contribution in [0.5, 0.6) is 17.5 Å². The number of ether oxygens (including phenoxy) is 1. The molecule has 2 aliphatic rings. The highest BCUT2D eigenvalue weighted by Gasteiger charge is 2.28. The van der Waals surface area contributed by atoms with Crippen LogP contribution in [-0.2, 0) is 6.42 Å². The molecule has 0 radical (unpaired) electrons. The third-order valence-electron chi connectivity index (χ3n) is 5.39. The van der Waals surface area contributed by atoms with Crippen LogP contribution in [0, 0.1) is 5.92 Å². The van der Waals surface area contributed by atoms with E-state index >= 15 is 0 Å². The molecule has 0 amide bonds. The number of aromatic nitrogens is 3. The lowest BCUT2D eigenvalue weighted by atomic mass is 9.76. The number of hydrogen-bond donors (Lipinski definition) is 2. The number of methoxy groups -OCH3 is 1. The lowest BCUT2D eigenvalue weighted by Crippen LogP contribution is -2.17. The average molecular weight is 397 g/mol. The van der Waals surface area contributed by atoms with Crippen LogP contribution in [0.15, 0.2) is 72.3 Å². The summed E-state index contributed by atoms with van der Waals surface area (Å²) in [5.74, 6) is 0.849. The largest absolute Gasteiger partial charge is 0.508 e. The number of allylic oxidation sites excluding steroid dienone is 5. The maximum absolute atomic E-state index is 10.3. The Morgan fingerprint density at radius 1 is 0.933 bits per heavy atom. The van der Waals surface area contributed by atoms with E-state index in [1.807, 2.05) is 18.2 Å². The highest BCUT2D eigenvalue weighted by atomic mass is 16.5. The van der Waals surface area contributed by atoms with Gasteiger partial charge in [-0.25, -0.2) is 4.98 Å². The predicted molar refractivity (Wildman–Crippen MR) is 113 cm³/mol. The molecule has 0 aliphatic heterocycles. The van der Waals surface area contributed by atoms with Crippen molar-refractivity contribution in [2.24, 2.45) is 5.92 Å². The van der Waals surface area contributed by atoms with Gasteiger partial charge >= 0.3 is 6.01 Å². The monoisotopic (exact) mass is 397 g/mol. The maximum Gasteiger partial charge on any atom is 0.320 e. The van der Waals surface area contributed by atoms with E-state index in [9.17, 15) is 10.2 Å². The van der Waals surface area contributed by atoms with Crippen LogP contribution in [0.4, 0.5) is 0 Å². The number of phenols is 2. The van der Waals surface area contributed by atoms with E-state index in [0.717, 1.165) is 23.1 Å². The summed E-state index contributed by atoms with van der Waals surface area (Å²) >= 11 is 0. The van der Waals surface area contributed by atoms with Crippen LogP contribution in [0.1, 0.15) is 17.0 Å². The predicted octanol–water partition coefficient (Wildman–Crippen LogP) is 4.06. The molecule has 3 aromatic rings. The maximum atomic E-state index is 10.3. The Kier molecular flexibility index (Phi) is 4.32. The van der Waals surface area contributed by atoms with Crippen molar-refractivity contribution in [3.8, 4) is 28.9 Å². The van der Waals surface area contributed by atoms with Gasteiger partial charge in [-0.15, -0.1) is 0 Å². The van der Waals surface area contributed by atoms with Crippen LogP contribution >= 0.6 is 0 Å². The van der Waals surface area contributed by atoms with Crippen molar-refractivity contribution in [1.82, 2.24) is 15.0 Å². The van der Waals surface area contributed by atoms with Gasteiger partial charge in [0.2, 0.25) is 0 Å².